The van der Waals surface area contributed by atoms with Crippen LogP contribution in [0.4, 0.5) is 0 Å². The predicted octanol–water partition coefficient (Wildman–Crippen LogP) is 2.09. The van der Waals surface area contributed by atoms with E-state index in [1.807, 2.05) is 0 Å². The molecule has 0 N–H and O–H groups in total. The van der Waals surface area contributed by atoms with Crippen molar-refractivity contribution < 1.29 is 14.3 Å². The van der Waals surface area contributed by atoms with Gasteiger partial charge in [-0.25, -0.2) is 0 Å². The number of Topliss-reactive ketones (excluding diaryl/α,β-unsaturated/α-hetero) is 1. The highest BCUT2D eigenvalue weighted by Crippen LogP contribution is 2.23. The molecule has 0 aromatic heterocycles. The zero-order valence-corrected chi connectivity index (χ0v) is 8.75. The smallest absolute Gasteiger partial charge is 0.305 e. The Morgan fingerprint density at radius 2 is 2.21 bits per heavy atom. The zero-order valence-electron chi connectivity index (χ0n) is 8.75. The van der Waals surface area contributed by atoms with Crippen LogP contribution >= 0.6 is 0 Å². The first kappa shape index (κ1) is 11.2. The van der Waals surface area contributed by atoms with Gasteiger partial charge in [0.05, 0.1) is 7.11 Å². The van der Waals surface area contributed by atoms with Crippen LogP contribution in [-0.2, 0) is 14.3 Å². The molecule has 1 saturated carbocycles. The Kier molecular flexibility index (Phi) is 4.63. The summed E-state index contributed by atoms with van der Waals surface area (Å²) in [6.45, 7) is 0. The molecule has 1 aliphatic rings. The second-order valence-corrected chi connectivity index (χ2v) is 3.88. The van der Waals surface area contributed by atoms with Crippen molar-refractivity contribution in [2.45, 2.75) is 44.9 Å². The van der Waals surface area contributed by atoms with Crippen LogP contribution in [-0.4, -0.2) is 18.9 Å². The lowest BCUT2D eigenvalue weighted by molar-refractivity contribution is -0.141. The maximum Gasteiger partial charge on any atom is 0.305 e. The third-order valence-corrected chi connectivity index (χ3v) is 2.86. The Morgan fingerprint density at radius 3 is 2.93 bits per heavy atom. The SMILES string of the molecule is COC(=O)CCC1CCCCCC1=O. The van der Waals surface area contributed by atoms with Gasteiger partial charge in [-0.2, -0.15) is 0 Å². The van der Waals surface area contributed by atoms with Gasteiger partial charge in [0.1, 0.15) is 5.78 Å². The Hall–Kier alpha value is -0.860. The lowest BCUT2D eigenvalue weighted by atomic mass is 9.94. The lowest BCUT2D eigenvalue weighted by Gasteiger charge is -2.11. The van der Waals surface area contributed by atoms with Gasteiger partial charge < -0.3 is 4.74 Å². The predicted molar refractivity (Wildman–Crippen MR) is 52.8 cm³/mol. The lowest BCUT2D eigenvalue weighted by Crippen LogP contribution is -2.14. The molecule has 0 saturated heterocycles. The van der Waals surface area contributed by atoms with Crippen molar-refractivity contribution in [1.29, 1.82) is 0 Å². The Morgan fingerprint density at radius 1 is 1.43 bits per heavy atom. The van der Waals surface area contributed by atoms with Crippen LogP contribution in [0.5, 0.6) is 0 Å². The third-order valence-electron chi connectivity index (χ3n) is 2.86. The van der Waals surface area contributed by atoms with Gasteiger partial charge in [0.25, 0.3) is 0 Å². The average Bonchev–Trinajstić information content (AvgIpc) is 2.39. The van der Waals surface area contributed by atoms with Gasteiger partial charge in [0, 0.05) is 18.8 Å². The molecule has 14 heavy (non-hydrogen) atoms. The number of carbonyl (C=O) groups is 2. The van der Waals surface area contributed by atoms with Crippen molar-refractivity contribution in [3.8, 4) is 0 Å². The van der Waals surface area contributed by atoms with E-state index < -0.39 is 0 Å². The highest BCUT2D eigenvalue weighted by Gasteiger charge is 2.21. The van der Waals surface area contributed by atoms with Gasteiger partial charge in [-0.3, -0.25) is 9.59 Å². The molecule has 80 valence electrons. The van der Waals surface area contributed by atoms with Crippen molar-refractivity contribution in [3.05, 3.63) is 0 Å². The molecular weight excluding hydrogens is 180 g/mol. The number of methoxy groups -OCH3 is 1. The van der Waals surface area contributed by atoms with Crippen LogP contribution in [0.1, 0.15) is 44.9 Å². The average molecular weight is 198 g/mol. The summed E-state index contributed by atoms with van der Waals surface area (Å²) < 4.78 is 4.56. The molecule has 3 nitrogen and oxygen atoms in total. The van der Waals surface area contributed by atoms with Crippen LogP contribution in [0, 0.1) is 5.92 Å². The van der Waals surface area contributed by atoms with Crippen molar-refractivity contribution in [1.82, 2.24) is 0 Å². The largest absolute Gasteiger partial charge is 0.469 e. The molecule has 0 heterocycles. The fourth-order valence-electron chi connectivity index (χ4n) is 1.93. The number of rotatable bonds is 3. The summed E-state index contributed by atoms with van der Waals surface area (Å²) in [4.78, 5) is 22.5. The fourth-order valence-corrected chi connectivity index (χ4v) is 1.93. The first-order valence-corrected chi connectivity index (χ1v) is 5.33. The van der Waals surface area contributed by atoms with Crippen LogP contribution in [0.3, 0.4) is 0 Å². The maximum absolute atomic E-state index is 11.6. The molecule has 1 unspecified atom stereocenters. The van der Waals surface area contributed by atoms with E-state index in [-0.39, 0.29) is 11.9 Å². The molecule has 1 atom stereocenters. The van der Waals surface area contributed by atoms with Crippen molar-refractivity contribution in [2.75, 3.05) is 7.11 Å². The summed E-state index contributed by atoms with van der Waals surface area (Å²) in [6.07, 6.45) is 6.01. The maximum atomic E-state index is 11.6. The van der Waals surface area contributed by atoms with Crippen LogP contribution < -0.4 is 0 Å². The van der Waals surface area contributed by atoms with Crippen molar-refractivity contribution in [3.63, 3.8) is 0 Å². The second-order valence-electron chi connectivity index (χ2n) is 3.88. The molecule has 0 aromatic rings. The topological polar surface area (TPSA) is 43.4 Å². The normalized spacial score (nSPS) is 22.9. The van der Waals surface area contributed by atoms with E-state index in [0.29, 0.717) is 25.0 Å². The number of hydrogen-bond acceptors (Lipinski definition) is 3. The Balaban J connectivity index is 2.33. The molecule has 1 rings (SSSR count). The molecule has 0 bridgehead atoms. The van der Waals surface area contributed by atoms with Crippen LogP contribution in [0.15, 0.2) is 0 Å². The van der Waals surface area contributed by atoms with Gasteiger partial charge >= 0.3 is 5.97 Å². The minimum Gasteiger partial charge on any atom is -0.469 e. The van der Waals surface area contributed by atoms with Gasteiger partial charge in [-0.15, -0.1) is 0 Å². The van der Waals surface area contributed by atoms with E-state index in [4.69, 9.17) is 0 Å². The number of ether oxygens (including phenoxy) is 1. The Labute approximate surface area is 84.8 Å². The van der Waals surface area contributed by atoms with Gasteiger partial charge in [-0.05, 0) is 19.3 Å². The van der Waals surface area contributed by atoms with Crippen molar-refractivity contribution >= 4 is 11.8 Å². The fraction of sp³-hybridized carbons (Fsp3) is 0.818. The molecule has 1 aliphatic carbocycles. The van der Waals surface area contributed by atoms with Gasteiger partial charge in [-0.1, -0.05) is 12.8 Å². The van der Waals surface area contributed by atoms with Gasteiger partial charge in [0.2, 0.25) is 0 Å². The van der Waals surface area contributed by atoms with Crippen molar-refractivity contribution in [2.24, 2.45) is 5.92 Å². The molecular formula is C11H18O3. The minimum absolute atomic E-state index is 0.108. The van der Waals surface area contributed by atoms with E-state index >= 15 is 0 Å². The second kappa shape index (κ2) is 5.78. The number of hydrogen-bond donors (Lipinski definition) is 0. The summed E-state index contributed by atoms with van der Waals surface area (Å²) >= 11 is 0. The molecule has 0 radical (unpaired) electrons. The van der Waals surface area contributed by atoms with E-state index in [0.717, 1.165) is 25.7 Å². The molecule has 0 aliphatic heterocycles. The number of ketones is 1. The Bertz CT molecular complexity index is 211. The summed E-state index contributed by atoms with van der Waals surface area (Å²) in [7, 11) is 1.39. The highest BCUT2D eigenvalue weighted by atomic mass is 16.5. The van der Waals surface area contributed by atoms with Crippen LogP contribution in [0.2, 0.25) is 0 Å². The minimum atomic E-state index is -0.206. The molecule has 3 heteroatoms. The number of carbonyl (C=O) groups excluding carboxylic acids is 2. The van der Waals surface area contributed by atoms with Gasteiger partial charge in [0.15, 0.2) is 0 Å². The summed E-state index contributed by atoms with van der Waals surface area (Å²) in [6, 6.07) is 0. The summed E-state index contributed by atoms with van der Waals surface area (Å²) in [5, 5.41) is 0. The van der Waals surface area contributed by atoms with Crippen LogP contribution in [0.25, 0.3) is 0 Å². The van der Waals surface area contributed by atoms with E-state index in [9.17, 15) is 9.59 Å². The molecule has 1 fully saturated rings. The van der Waals surface area contributed by atoms with E-state index in [1.165, 1.54) is 7.11 Å². The molecule has 0 amide bonds. The van der Waals surface area contributed by atoms with E-state index in [1.54, 1.807) is 0 Å². The quantitative estimate of drug-likeness (QED) is 0.515. The first-order chi connectivity index (χ1) is 6.74. The third kappa shape index (κ3) is 3.48. The standard InChI is InChI=1S/C11H18O3/c1-14-11(13)8-7-9-5-3-2-4-6-10(9)12/h9H,2-8H2,1H3. The summed E-state index contributed by atoms with van der Waals surface area (Å²) in [5.41, 5.74) is 0. The molecule has 0 spiro atoms. The number of esters is 1. The first-order valence-electron chi connectivity index (χ1n) is 5.33. The summed E-state index contributed by atoms with van der Waals surface area (Å²) in [5.74, 6) is 0.241. The monoisotopic (exact) mass is 198 g/mol. The zero-order chi connectivity index (χ0) is 10.4. The van der Waals surface area contributed by atoms with E-state index in [2.05, 4.69) is 4.74 Å². The highest BCUT2D eigenvalue weighted by molar-refractivity contribution is 5.81. The molecule has 0 aromatic carbocycles.